The van der Waals surface area contributed by atoms with Gasteiger partial charge in [0.2, 0.25) is 11.8 Å². The van der Waals surface area contributed by atoms with E-state index in [0.29, 0.717) is 21.8 Å². The molecule has 10 heteroatoms. The molecule has 0 N–H and O–H groups in total. The Morgan fingerprint density at radius 3 is 2.39 bits per heavy atom. The molecule has 1 atom stereocenters. The predicted octanol–water partition coefficient (Wildman–Crippen LogP) is 5.84. The second-order valence-corrected chi connectivity index (χ2v) is 12.0. The van der Waals surface area contributed by atoms with Crippen LogP contribution in [0.1, 0.15) is 69.6 Å². The van der Waals surface area contributed by atoms with E-state index in [4.69, 9.17) is 9.72 Å². The molecule has 1 aromatic heterocycles. The van der Waals surface area contributed by atoms with Crippen molar-refractivity contribution in [1.82, 2.24) is 4.98 Å². The number of aryl methyl sites for hydroxylation is 2. The Morgan fingerprint density at radius 1 is 1.00 bits per heavy atom. The van der Waals surface area contributed by atoms with Crippen LogP contribution >= 0.6 is 27.7 Å². The van der Waals surface area contributed by atoms with Crippen LogP contribution in [-0.4, -0.2) is 40.4 Å². The van der Waals surface area contributed by atoms with Crippen LogP contribution in [-0.2, 0) is 27.2 Å². The summed E-state index contributed by atoms with van der Waals surface area (Å²) in [7, 11) is 0. The van der Waals surface area contributed by atoms with Gasteiger partial charge in [0.05, 0.1) is 22.1 Å². The Kier molecular flexibility index (Phi) is 8.96. The van der Waals surface area contributed by atoms with Gasteiger partial charge in [-0.15, -0.1) is 0 Å². The number of halogens is 1. The van der Waals surface area contributed by atoms with Crippen molar-refractivity contribution in [2.24, 2.45) is 0 Å². The fourth-order valence-electron chi connectivity index (χ4n) is 4.92. The molecule has 41 heavy (non-hydrogen) atoms. The molecule has 2 aromatic carbocycles. The number of aromatic nitrogens is 1. The Morgan fingerprint density at radius 2 is 1.68 bits per heavy atom. The lowest BCUT2D eigenvalue weighted by Gasteiger charge is -2.17. The average Bonchev–Trinajstić information content (AvgIpc) is 3.24. The number of thioether (sulfide) groups is 1. The highest BCUT2D eigenvalue weighted by atomic mass is 79.9. The number of ketones is 1. The van der Waals surface area contributed by atoms with Crippen LogP contribution in [0.25, 0.3) is 0 Å². The van der Waals surface area contributed by atoms with Crippen molar-refractivity contribution >= 4 is 56.9 Å². The van der Waals surface area contributed by atoms with Gasteiger partial charge >= 0.3 is 5.97 Å². The standard InChI is InChI=1S/C31H26BrN3O5S/c32-23-11-7-19(8-12-23)26(36)18-40-31(39)20-9-13-24(14-10-20)35-28(37)16-27(30(35)38)41-29-22(17-33)15-21-5-3-1-2-4-6-25(21)34-29/h7-15,27H,1-6,16,18H2. The zero-order chi connectivity index (χ0) is 28.9. The van der Waals surface area contributed by atoms with E-state index < -0.39 is 23.7 Å². The summed E-state index contributed by atoms with van der Waals surface area (Å²) in [6, 6.07) is 16.7. The molecule has 0 saturated carbocycles. The number of carbonyl (C=O) groups excluding carboxylic acids is 4. The molecule has 1 saturated heterocycles. The summed E-state index contributed by atoms with van der Waals surface area (Å²) in [6.07, 6.45) is 6.13. The first-order valence-corrected chi connectivity index (χ1v) is 15.0. The summed E-state index contributed by atoms with van der Waals surface area (Å²) >= 11 is 4.47. The van der Waals surface area contributed by atoms with Crippen molar-refractivity contribution in [3.8, 4) is 6.07 Å². The SMILES string of the molecule is N#Cc1cc2c(nc1SC1CC(=O)N(c3ccc(C(=O)OCC(=O)c4ccc(Br)cc4)cc3)C1=O)CCCCCC2. The lowest BCUT2D eigenvalue weighted by Crippen LogP contribution is -2.31. The maximum absolute atomic E-state index is 13.3. The van der Waals surface area contributed by atoms with E-state index in [-0.39, 0.29) is 23.7 Å². The van der Waals surface area contributed by atoms with Crippen molar-refractivity contribution in [1.29, 1.82) is 5.26 Å². The maximum Gasteiger partial charge on any atom is 0.338 e. The third-order valence-corrected chi connectivity index (χ3v) is 8.82. The van der Waals surface area contributed by atoms with Crippen LogP contribution in [0.15, 0.2) is 64.1 Å². The predicted molar refractivity (Wildman–Crippen MR) is 157 cm³/mol. The largest absolute Gasteiger partial charge is 0.454 e. The Hall–Kier alpha value is -3.81. The number of carbonyl (C=O) groups is 4. The van der Waals surface area contributed by atoms with Crippen molar-refractivity contribution in [3.63, 3.8) is 0 Å². The molecule has 0 bridgehead atoms. The van der Waals surface area contributed by atoms with E-state index in [0.717, 1.165) is 64.5 Å². The molecule has 1 unspecified atom stereocenters. The molecule has 2 amide bonds. The van der Waals surface area contributed by atoms with Gasteiger partial charge in [-0.25, -0.2) is 14.7 Å². The fraction of sp³-hybridized carbons (Fsp3) is 0.290. The van der Waals surface area contributed by atoms with Crippen molar-refractivity contribution < 1.29 is 23.9 Å². The molecule has 5 rings (SSSR count). The summed E-state index contributed by atoms with van der Waals surface area (Å²) in [5, 5.41) is 9.53. The number of ether oxygens (including phenoxy) is 1. The van der Waals surface area contributed by atoms with E-state index in [1.54, 1.807) is 24.3 Å². The summed E-state index contributed by atoms with van der Waals surface area (Å²) in [5.41, 5.74) is 3.43. The van der Waals surface area contributed by atoms with Crippen molar-refractivity contribution in [2.45, 2.75) is 55.2 Å². The number of Topliss-reactive ketones (excluding diaryl/α,β-unsaturated/α-hetero) is 1. The molecule has 3 aromatic rings. The average molecular weight is 633 g/mol. The molecule has 2 aliphatic rings. The molecule has 8 nitrogen and oxygen atoms in total. The molecule has 2 heterocycles. The molecule has 1 fully saturated rings. The molecular weight excluding hydrogens is 606 g/mol. The molecule has 1 aliphatic heterocycles. The normalized spacial score (nSPS) is 16.9. The van der Waals surface area contributed by atoms with Gasteiger partial charge < -0.3 is 4.74 Å². The fourth-order valence-corrected chi connectivity index (χ4v) is 6.28. The summed E-state index contributed by atoms with van der Waals surface area (Å²) in [4.78, 5) is 56.8. The number of nitrogens with zero attached hydrogens (tertiary/aromatic N) is 3. The highest BCUT2D eigenvalue weighted by Crippen LogP contribution is 2.36. The first kappa shape index (κ1) is 28.7. The highest BCUT2D eigenvalue weighted by molar-refractivity contribution is 9.10. The second-order valence-electron chi connectivity index (χ2n) is 9.90. The topological polar surface area (TPSA) is 117 Å². The highest BCUT2D eigenvalue weighted by Gasteiger charge is 2.41. The van der Waals surface area contributed by atoms with Crippen LogP contribution in [0.3, 0.4) is 0 Å². The minimum atomic E-state index is -0.706. The van der Waals surface area contributed by atoms with Gasteiger partial charge in [-0.3, -0.25) is 14.4 Å². The van der Waals surface area contributed by atoms with E-state index >= 15 is 0 Å². The number of hydrogen-bond acceptors (Lipinski definition) is 8. The van der Waals surface area contributed by atoms with Crippen LogP contribution in [0.5, 0.6) is 0 Å². The number of benzene rings is 2. The van der Waals surface area contributed by atoms with Gasteiger partial charge in [0.15, 0.2) is 12.4 Å². The number of amides is 2. The summed E-state index contributed by atoms with van der Waals surface area (Å²) in [6.45, 7) is -0.411. The molecule has 1 aliphatic carbocycles. The second kappa shape index (κ2) is 12.8. The quantitative estimate of drug-likeness (QED) is 0.181. The first-order valence-electron chi connectivity index (χ1n) is 13.4. The zero-order valence-corrected chi connectivity index (χ0v) is 24.5. The minimum Gasteiger partial charge on any atom is -0.454 e. The lowest BCUT2D eigenvalue weighted by atomic mass is 9.96. The number of nitriles is 1. The van der Waals surface area contributed by atoms with Gasteiger partial charge in [-0.05, 0) is 73.7 Å². The number of anilines is 1. The lowest BCUT2D eigenvalue weighted by molar-refractivity contribution is -0.121. The van der Waals surface area contributed by atoms with Crippen LogP contribution in [0, 0.1) is 11.3 Å². The molecule has 0 radical (unpaired) electrons. The summed E-state index contributed by atoms with van der Waals surface area (Å²) in [5.74, 6) is -1.79. The Bertz CT molecular complexity index is 1550. The van der Waals surface area contributed by atoms with E-state index in [9.17, 15) is 24.4 Å². The molecular formula is C31H26BrN3O5S. The number of rotatable bonds is 7. The minimum absolute atomic E-state index is 0.0188. The van der Waals surface area contributed by atoms with Gasteiger partial charge in [-0.2, -0.15) is 5.26 Å². The van der Waals surface area contributed by atoms with Crippen LogP contribution < -0.4 is 4.90 Å². The van der Waals surface area contributed by atoms with E-state index in [2.05, 4.69) is 22.0 Å². The summed E-state index contributed by atoms with van der Waals surface area (Å²) < 4.78 is 5.99. The van der Waals surface area contributed by atoms with Crippen LogP contribution in [0.4, 0.5) is 5.69 Å². The van der Waals surface area contributed by atoms with Crippen molar-refractivity contribution in [3.05, 3.63) is 87.0 Å². The monoisotopic (exact) mass is 631 g/mol. The number of fused-ring (bicyclic) bond motifs is 1. The number of pyridine rings is 1. The number of hydrogen-bond donors (Lipinski definition) is 0. The smallest absolute Gasteiger partial charge is 0.338 e. The Labute approximate surface area is 250 Å². The van der Waals surface area contributed by atoms with Gasteiger partial charge in [0, 0.05) is 22.2 Å². The third-order valence-electron chi connectivity index (χ3n) is 7.11. The van der Waals surface area contributed by atoms with Gasteiger partial charge in [0.1, 0.15) is 11.1 Å². The van der Waals surface area contributed by atoms with Gasteiger partial charge in [0.25, 0.3) is 0 Å². The molecule has 0 spiro atoms. The van der Waals surface area contributed by atoms with Gasteiger partial charge in [-0.1, -0.05) is 52.7 Å². The van der Waals surface area contributed by atoms with Crippen LogP contribution in [0.2, 0.25) is 0 Å². The molecule has 208 valence electrons. The van der Waals surface area contributed by atoms with E-state index in [1.807, 2.05) is 6.07 Å². The third kappa shape index (κ3) is 6.58. The van der Waals surface area contributed by atoms with E-state index in [1.165, 1.54) is 30.7 Å². The van der Waals surface area contributed by atoms with Crippen molar-refractivity contribution in [2.75, 3.05) is 11.5 Å². The maximum atomic E-state index is 13.3. The zero-order valence-electron chi connectivity index (χ0n) is 22.1. The first-order chi connectivity index (χ1) is 19.8. The Balaban J connectivity index is 1.24. The number of imide groups is 1. The number of esters is 1.